The van der Waals surface area contributed by atoms with Gasteiger partial charge in [-0.2, -0.15) is 0 Å². The van der Waals surface area contributed by atoms with Gasteiger partial charge in [-0.15, -0.1) is 0 Å². The summed E-state index contributed by atoms with van der Waals surface area (Å²) in [7, 11) is 1.60. The van der Waals surface area contributed by atoms with Gasteiger partial charge in [0.25, 0.3) is 0 Å². The molecule has 0 amide bonds. The first-order valence-corrected chi connectivity index (χ1v) is 7.87. The minimum Gasteiger partial charge on any atom is -0.497 e. The Morgan fingerprint density at radius 1 is 1.26 bits per heavy atom. The molecule has 2 N–H and O–H groups in total. The smallest absolute Gasteiger partial charge is 0.350 e. The van der Waals surface area contributed by atoms with Gasteiger partial charge in [-0.1, -0.05) is 12.1 Å². The zero-order valence-electron chi connectivity index (χ0n) is 14.1. The molecule has 0 heterocycles. The summed E-state index contributed by atoms with van der Waals surface area (Å²) in [5.74, 6) is 0.0957. The first-order valence-electron chi connectivity index (χ1n) is 7.87. The molecule has 1 aromatic rings. The van der Waals surface area contributed by atoms with E-state index in [1.54, 1.807) is 25.9 Å². The zero-order chi connectivity index (χ0) is 17.2. The SMILES string of the molecule is CCOC(=O)C(O)N(CCCC(C)O)Cc1ccc(OC)cc1. The maximum Gasteiger partial charge on any atom is 0.350 e. The van der Waals surface area contributed by atoms with E-state index in [0.29, 0.717) is 25.9 Å². The number of esters is 1. The van der Waals surface area contributed by atoms with E-state index < -0.39 is 18.3 Å². The van der Waals surface area contributed by atoms with E-state index in [9.17, 15) is 15.0 Å². The van der Waals surface area contributed by atoms with Crippen LogP contribution in [0, 0.1) is 0 Å². The number of hydrogen-bond acceptors (Lipinski definition) is 6. The molecule has 0 spiro atoms. The molecular weight excluding hydrogens is 298 g/mol. The summed E-state index contributed by atoms with van der Waals surface area (Å²) in [4.78, 5) is 13.4. The van der Waals surface area contributed by atoms with Gasteiger partial charge in [-0.05, 0) is 44.4 Å². The van der Waals surface area contributed by atoms with Gasteiger partial charge in [-0.25, -0.2) is 4.79 Å². The first-order chi connectivity index (χ1) is 11.0. The third kappa shape index (κ3) is 6.99. The maximum absolute atomic E-state index is 11.8. The lowest BCUT2D eigenvalue weighted by atomic mass is 10.1. The highest BCUT2D eigenvalue weighted by atomic mass is 16.5. The molecule has 0 radical (unpaired) electrons. The second-order valence-electron chi connectivity index (χ2n) is 5.44. The van der Waals surface area contributed by atoms with Crippen LogP contribution in [0.15, 0.2) is 24.3 Å². The third-order valence-corrected chi connectivity index (χ3v) is 3.46. The summed E-state index contributed by atoms with van der Waals surface area (Å²) in [5.41, 5.74) is 0.950. The van der Waals surface area contributed by atoms with E-state index in [1.807, 2.05) is 24.3 Å². The number of aliphatic hydroxyl groups is 2. The van der Waals surface area contributed by atoms with Crippen molar-refractivity contribution in [3.8, 4) is 5.75 Å². The van der Waals surface area contributed by atoms with Crippen LogP contribution >= 0.6 is 0 Å². The summed E-state index contributed by atoms with van der Waals surface area (Å²) in [6.07, 6.45) is -0.442. The molecule has 0 saturated carbocycles. The van der Waals surface area contributed by atoms with E-state index >= 15 is 0 Å². The molecule has 0 bridgehead atoms. The molecule has 0 fully saturated rings. The predicted octanol–water partition coefficient (Wildman–Crippen LogP) is 1.54. The van der Waals surface area contributed by atoms with Crippen LogP contribution in [0.25, 0.3) is 0 Å². The van der Waals surface area contributed by atoms with Crippen molar-refractivity contribution in [2.24, 2.45) is 0 Å². The lowest BCUT2D eigenvalue weighted by molar-refractivity contribution is -0.164. The third-order valence-electron chi connectivity index (χ3n) is 3.46. The number of nitrogens with zero attached hydrogens (tertiary/aromatic N) is 1. The van der Waals surface area contributed by atoms with Crippen molar-refractivity contribution in [2.75, 3.05) is 20.3 Å². The fraction of sp³-hybridized carbons (Fsp3) is 0.588. The van der Waals surface area contributed by atoms with Crippen LogP contribution in [0.1, 0.15) is 32.3 Å². The molecule has 0 aliphatic heterocycles. The van der Waals surface area contributed by atoms with Crippen LogP contribution < -0.4 is 4.74 Å². The molecule has 2 unspecified atom stereocenters. The first kappa shape index (κ1) is 19.4. The van der Waals surface area contributed by atoms with Gasteiger partial charge >= 0.3 is 5.97 Å². The molecule has 0 aliphatic rings. The summed E-state index contributed by atoms with van der Waals surface area (Å²) < 4.78 is 10.0. The van der Waals surface area contributed by atoms with Crippen LogP contribution in [0.5, 0.6) is 5.75 Å². The Morgan fingerprint density at radius 3 is 2.43 bits per heavy atom. The topological polar surface area (TPSA) is 79.2 Å². The standard InChI is InChI=1S/C17H27NO5/c1-4-23-17(21)16(20)18(11-5-6-13(2)19)12-14-7-9-15(22-3)10-8-14/h7-10,13,16,19-20H,4-6,11-12H2,1-3H3. The summed E-state index contributed by atoms with van der Waals surface area (Å²) in [6, 6.07) is 7.44. The van der Waals surface area contributed by atoms with Crippen molar-refractivity contribution in [1.29, 1.82) is 0 Å². The van der Waals surface area contributed by atoms with Crippen molar-refractivity contribution in [3.05, 3.63) is 29.8 Å². The van der Waals surface area contributed by atoms with Gasteiger partial charge in [0.2, 0.25) is 6.23 Å². The number of methoxy groups -OCH3 is 1. The molecule has 6 nitrogen and oxygen atoms in total. The zero-order valence-corrected chi connectivity index (χ0v) is 14.1. The Morgan fingerprint density at radius 2 is 1.91 bits per heavy atom. The number of ether oxygens (including phenoxy) is 2. The molecule has 130 valence electrons. The maximum atomic E-state index is 11.8. The lowest BCUT2D eigenvalue weighted by Crippen LogP contribution is -2.42. The molecule has 0 aliphatic carbocycles. The molecule has 6 heteroatoms. The average Bonchev–Trinajstić information content (AvgIpc) is 2.53. The number of hydrogen-bond donors (Lipinski definition) is 2. The highest BCUT2D eigenvalue weighted by Crippen LogP contribution is 2.15. The molecule has 0 saturated heterocycles. The number of aliphatic hydroxyl groups excluding tert-OH is 2. The highest BCUT2D eigenvalue weighted by molar-refractivity contribution is 5.73. The van der Waals surface area contributed by atoms with Gasteiger partial charge in [0, 0.05) is 13.1 Å². The van der Waals surface area contributed by atoms with Gasteiger partial charge in [0.15, 0.2) is 0 Å². The molecule has 1 aromatic carbocycles. The predicted molar refractivity (Wildman–Crippen MR) is 87.0 cm³/mol. The fourth-order valence-corrected chi connectivity index (χ4v) is 2.21. The number of carbonyl (C=O) groups excluding carboxylic acids is 1. The molecule has 2 atom stereocenters. The van der Waals surface area contributed by atoms with E-state index in [1.165, 1.54) is 0 Å². The monoisotopic (exact) mass is 325 g/mol. The number of benzene rings is 1. The quantitative estimate of drug-likeness (QED) is 0.502. The Hall–Kier alpha value is -1.63. The molecule has 0 aromatic heterocycles. The van der Waals surface area contributed by atoms with Gasteiger partial charge < -0.3 is 19.7 Å². The summed E-state index contributed by atoms with van der Waals surface area (Å²) in [6.45, 7) is 4.53. The van der Waals surface area contributed by atoms with Crippen LogP contribution in [-0.2, 0) is 16.1 Å². The lowest BCUT2D eigenvalue weighted by Gasteiger charge is -2.26. The Labute approximate surface area is 137 Å². The Kier molecular flexibility index (Phi) is 8.61. The number of carbonyl (C=O) groups is 1. The van der Waals surface area contributed by atoms with E-state index in [0.717, 1.165) is 11.3 Å². The highest BCUT2D eigenvalue weighted by Gasteiger charge is 2.24. The van der Waals surface area contributed by atoms with Gasteiger partial charge in [0.05, 0.1) is 19.8 Å². The van der Waals surface area contributed by atoms with Crippen molar-refractivity contribution in [2.45, 2.75) is 45.6 Å². The summed E-state index contributed by atoms with van der Waals surface area (Å²) >= 11 is 0. The molecule has 23 heavy (non-hydrogen) atoms. The van der Waals surface area contributed by atoms with Crippen LogP contribution in [0.3, 0.4) is 0 Å². The van der Waals surface area contributed by atoms with Crippen molar-refractivity contribution >= 4 is 5.97 Å². The molecular formula is C17H27NO5. The average molecular weight is 325 g/mol. The minimum absolute atomic E-state index is 0.222. The van der Waals surface area contributed by atoms with E-state index in [-0.39, 0.29) is 6.61 Å². The van der Waals surface area contributed by atoms with Crippen LogP contribution in [0.2, 0.25) is 0 Å². The van der Waals surface area contributed by atoms with Gasteiger partial charge in [-0.3, -0.25) is 4.90 Å². The van der Waals surface area contributed by atoms with Gasteiger partial charge in [0.1, 0.15) is 5.75 Å². The largest absolute Gasteiger partial charge is 0.497 e. The van der Waals surface area contributed by atoms with Crippen LogP contribution in [0.4, 0.5) is 0 Å². The van der Waals surface area contributed by atoms with E-state index in [2.05, 4.69) is 0 Å². The normalized spacial score (nSPS) is 13.7. The summed E-state index contributed by atoms with van der Waals surface area (Å²) in [5, 5.41) is 19.6. The second kappa shape index (κ2) is 10.2. The van der Waals surface area contributed by atoms with Crippen LogP contribution in [-0.4, -0.2) is 53.7 Å². The minimum atomic E-state index is -1.31. The second-order valence-corrected chi connectivity index (χ2v) is 5.44. The van der Waals surface area contributed by atoms with E-state index in [4.69, 9.17) is 9.47 Å². The Bertz CT molecular complexity index is 461. The fourth-order valence-electron chi connectivity index (χ4n) is 2.21. The van der Waals surface area contributed by atoms with Crippen molar-refractivity contribution < 1.29 is 24.5 Å². The molecule has 1 rings (SSSR count). The van der Waals surface area contributed by atoms with Crippen molar-refractivity contribution in [3.63, 3.8) is 0 Å². The number of rotatable bonds is 10. The van der Waals surface area contributed by atoms with Crippen molar-refractivity contribution in [1.82, 2.24) is 4.90 Å². The Balaban J connectivity index is 2.73.